The van der Waals surface area contributed by atoms with Gasteiger partial charge in [0.25, 0.3) is 0 Å². The molecule has 0 aliphatic rings. The SMILES string of the molecule is Cc1cc2c(Nc3cc(C(=O)O)cc(C(=O)O)c3)nc(Cl)nc2s1. The van der Waals surface area contributed by atoms with Crippen molar-refractivity contribution in [2.75, 3.05) is 5.32 Å². The van der Waals surface area contributed by atoms with Crippen molar-refractivity contribution in [3.05, 3.63) is 45.6 Å². The second-order valence-electron chi connectivity index (χ2n) is 4.95. The Hall–Kier alpha value is -2.71. The van der Waals surface area contributed by atoms with Crippen LogP contribution in [0.15, 0.2) is 24.3 Å². The van der Waals surface area contributed by atoms with E-state index in [1.54, 1.807) is 0 Å². The smallest absolute Gasteiger partial charge is 0.335 e. The van der Waals surface area contributed by atoms with Gasteiger partial charge in [-0.15, -0.1) is 11.3 Å². The number of halogens is 1. The fourth-order valence-electron chi connectivity index (χ4n) is 2.19. The van der Waals surface area contributed by atoms with Gasteiger partial charge in [0.05, 0.1) is 16.5 Å². The predicted octanol–water partition coefficient (Wildman–Crippen LogP) is 3.79. The van der Waals surface area contributed by atoms with Crippen LogP contribution in [-0.2, 0) is 0 Å². The van der Waals surface area contributed by atoms with Crippen molar-refractivity contribution >= 4 is 56.6 Å². The number of nitrogens with one attached hydrogen (secondary N) is 1. The lowest BCUT2D eigenvalue weighted by Crippen LogP contribution is -2.05. The summed E-state index contributed by atoms with van der Waals surface area (Å²) in [6.45, 7) is 1.91. The molecule has 3 N–H and O–H groups in total. The van der Waals surface area contributed by atoms with Crippen molar-refractivity contribution in [1.82, 2.24) is 9.97 Å². The van der Waals surface area contributed by atoms with E-state index in [0.717, 1.165) is 16.3 Å². The number of carboxylic acid groups (broad SMARTS) is 2. The maximum absolute atomic E-state index is 11.2. The zero-order chi connectivity index (χ0) is 17.4. The van der Waals surface area contributed by atoms with Crippen LogP contribution >= 0.6 is 22.9 Å². The third-order valence-corrected chi connectivity index (χ3v) is 4.29. The lowest BCUT2D eigenvalue weighted by Gasteiger charge is -2.09. The molecule has 0 aliphatic heterocycles. The molecule has 0 atom stereocenters. The molecule has 0 fully saturated rings. The van der Waals surface area contributed by atoms with Crippen LogP contribution in [0, 0.1) is 6.92 Å². The number of thiophene rings is 1. The number of carboxylic acids is 2. The number of fused-ring (bicyclic) bond motifs is 1. The molecule has 0 unspecified atom stereocenters. The molecule has 0 spiro atoms. The minimum absolute atomic E-state index is 0.0414. The Morgan fingerprint density at radius 2 is 1.71 bits per heavy atom. The highest BCUT2D eigenvalue weighted by Crippen LogP contribution is 2.31. The number of aromatic carboxylic acids is 2. The Balaban J connectivity index is 2.11. The molecule has 24 heavy (non-hydrogen) atoms. The van der Waals surface area contributed by atoms with E-state index >= 15 is 0 Å². The van der Waals surface area contributed by atoms with Crippen LogP contribution in [0.3, 0.4) is 0 Å². The van der Waals surface area contributed by atoms with Gasteiger partial charge in [-0.1, -0.05) is 0 Å². The molecule has 3 rings (SSSR count). The Bertz CT molecular complexity index is 954. The summed E-state index contributed by atoms with van der Waals surface area (Å²) in [5, 5.41) is 22.0. The lowest BCUT2D eigenvalue weighted by atomic mass is 10.1. The van der Waals surface area contributed by atoms with E-state index in [2.05, 4.69) is 15.3 Å². The van der Waals surface area contributed by atoms with Crippen molar-refractivity contribution in [3.8, 4) is 0 Å². The number of rotatable bonds is 4. The molecule has 0 saturated heterocycles. The predicted molar refractivity (Wildman–Crippen MR) is 90.8 cm³/mol. The molecule has 2 heterocycles. The molecule has 0 bridgehead atoms. The summed E-state index contributed by atoms with van der Waals surface area (Å²) in [6, 6.07) is 5.62. The van der Waals surface area contributed by atoms with Gasteiger partial charge in [0, 0.05) is 10.6 Å². The molecule has 2 aromatic heterocycles. The number of aryl methyl sites for hydroxylation is 1. The number of carbonyl (C=O) groups is 2. The summed E-state index contributed by atoms with van der Waals surface area (Å²) in [6.07, 6.45) is 0. The molecule has 122 valence electrons. The van der Waals surface area contributed by atoms with Crippen molar-refractivity contribution in [2.24, 2.45) is 0 Å². The van der Waals surface area contributed by atoms with E-state index in [9.17, 15) is 9.59 Å². The highest BCUT2D eigenvalue weighted by molar-refractivity contribution is 7.18. The Labute approximate surface area is 144 Å². The lowest BCUT2D eigenvalue weighted by molar-refractivity contribution is 0.0696. The number of nitrogens with zero attached hydrogens (tertiary/aromatic N) is 2. The average molecular weight is 364 g/mol. The number of hydrogen-bond acceptors (Lipinski definition) is 6. The standard InChI is InChI=1S/C15H10ClN3O4S/c1-6-2-10-11(18-15(16)19-12(10)24-6)17-9-4-7(13(20)21)3-8(5-9)14(22)23/h2-5H,1H3,(H,20,21)(H,22,23)(H,17,18,19). The zero-order valence-electron chi connectivity index (χ0n) is 12.2. The van der Waals surface area contributed by atoms with Gasteiger partial charge in [0.1, 0.15) is 10.6 Å². The maximum Gasteiger partial charge on any atom is 0.335 e. The van der Waals surface area contributed by atoms with Crippen LogP contribution in [0.1, 0.15) is 25.6 Å². The third kappa shape index (κ3) is 3.15. The molecule has 0 aliphatic carbocycles. The maximum atomic E-state index is 11.2. The van der Waals surface area contributed by atoms with Gasteiger partial charge in [-0.25, -0.2) is 14.6 Å². The van der Waals surface area contributed by atoms with Crippen LogP contribution in [0.25, 0.3) is 10.2 Å². The van der Waals surface area contributed by atoms with Gasteiger partial charge in [-0.3, -0.25) is 0 Å². The second kappa shape index (κ2) is 6.06. The van der Waals surface area contributed by atoms with Crippen LogP contribution < -0.4 is 5.32 Å². The highest BCUT2D eigenvalue weighted by atomic mass is 35.5. The van der Waals surface area contributed by atoms with E-state index in [1.165, 1.54) is 23.5 Å². The largest absolute Gasteiger partial charge is 0.478 e. The fourth-order valence-corrected chi connectivity index (χ4v) is 3.29. The molecule has 9 heteroatoms. The van der Waals surface area contributed by atoms with Crippen molar-refractivity contribution in [3.63, 3.8) is 0 Å². The van der Waals surface area contributed by atoms with Gasteiger partial charge >= 0.3 is 11.9 Å². The van der Waals surface area contributed by atoms with E-state index in [4.69, 9.17) is 21.8 Å². The quantitative estimate of drug-likeness (QED) is 0.604. The number of aromatic nitrogens is 2. The van der Waals surface area contributed by atoms with Crippen LogP contribution in [0.5, 0.6) is 0 Å². The summed E-state index contributed by atoms with van der Waals surface area (Å²) < 4.78 is 0. The summed E-state index contributed by atoms with van der Waals surface area (Å²) in [5.41, 5.74) is -0.00203. The van der Waals surface area contributed by atoms with Crippen LogP contribution in [-0.4, -0.2) is 32.1 Å². The van der Waals surface area contributed by atoms with Crippen LogP contribution in [0.2, 0.25) is 5.28 Å². The molecule has 1 aromatic carbocycles. The summed E-state index contributed by atoms with van der Waals surface area (Å²) in [5.74, 6) is -2.06. The molecule has 7 nitrogen and oxygen atoms in total. The molecule has 3 aromatic rings. The Morgan fingerprint density at radius 1 is 1.08 bits per heavy atom. The Kier molecular flexibility index (Phi) is 4.08. The molecular formula is C15H10ClN3O4S. The molecule has 0 radical (unpaired) electrons. The van der Waals surface area contributed by atoms with Gasteiger partial charge in [0.2, 0.25) is 5.28 Å². The van der Waals surface area contributed by atoms with E-state index in [1.807, 2.05) is 13.0 Å². The monoisotopic (exact) mass is 363 g/mol. The normalized spacial score (nSPS) is 10.8. The first-order valence-electron chi connectivity index (χ1n) is 6.66. The fraction of sp³-hybridized carbons (Fsp3) is 0.0667. The van der Waals surface area contributed by atoms with Gasteiger partial charge in [-0.05, 0) is 42.8 Å². The first-order chi connectivity index (χ1) is 11.3. The van der Waals surface area contributed by atoms with Gasteiger partial charge < -0.3 is 15.5 Å². The first kappa shape index (κ1) is 16.2. The first-order valence-corrected chi connectivity index (χ1v) is 7.85. The van der Waals surface area contributed by atoms with E-state index < -0.39 is 11.9 Å². The minimum atomic E-state index is -1.22. The molecular weight excluding hydrogens is 354 g/mol. The number of anilines is 2. The summed E-state index contributed by atoms with van der Waals surface area (Å²) in [7, 11) is 0. The molecule has 0 saturated carbocycles. The van der Waals surface area contributed by atoms with E-state index in [0.29, 0.717) is 10.6 Å². The average Bonchev–Trinajstić information content (AvgIpc) is 2.87. The third-order valence-electron chi connectivity index (χ3n) is 3.18. The molecule has 0 amide bonds. The topological polar surface area (TPSA) is 112 Å². The minimum Gasteiger partial charge on any atom is -0.478 e. The van der Waals surface area contributed by atoms with Crippen molar-refractivity contribution in [1.29, 1.82) is 0 Å². The summed E-state index contributed by atoms with van der Waals surface area (Å²) >= 11 is 7.36. The number of benzene rings is 1. The second-order valence-corrected chi connectivity index (χ2v) is 6.52. The van der Waals surface area contributed by atoms with E-state index in [-0.39, 0.29) is 22.1 Å². The van der Waals surface area contributed by atoms with Crippen molar-refractivity contribution < 1.29 is 19.8 Å². The summed E-state index contributed by atoms with van der Waals surface area (Å²) in [4.78, 5) is 32.3. The highest BCUT2D eigenvalue weighted by Gasteiger charge is 2.14. The van der Waals surface area contributed by atoms with Crippen LogP contribution in [0.4, 0.5) is 11.5 Å². The zero-order valence-corrected chi connectivity index (χ0v) is 13.8. The van der Waals surface area contributed by atoms with Crippen molar-refractivity contribution in [2.45, 2.75) is 6.92 Å². The Morgan fingerprint density at radius 3 is 2.29 bits per heavy atom. The van der Waals surface area contributed by atoms with Gasteiger partial charge in [0.15, 0.2) is 0 Å². The van der Waals surface area contributed by atoms with Gasteiger partial charge in [-0.2, -0.15) is 4.98 Å². The number of hydrogen-bond donors (Lipinski definition) is 3.